The smallest absolute Gasteiger partial charge is 0.226 e. The van der Waals surface area contributed by atoms with Crippen LogP contribution >= 0.6 is 11.6 Å². The molecule has 106 valence electrons. The average Bonchev–Trinajstić information content (AvgIpc) is 2.93. The van der Waals surface area contributed by atoms with E-state index in [1.165, 1.54) is 0 Å². The van der Waals surface area contributed by atoms with Crippen LogP contribution in [-0.4, -0.2) is 16.1 Å². The van der Waals surface area contributed by atoms with Crippen LogP contribution in [0.2, 0.25) is 5.02 Å². The minimum absolute atomic E-state index is 0.00285. The van der Waals surface area contributed by atoms with Crippen LogP contribution in [0.3, 0.4) is 0 Å². The summed E-state index contributed by atoms with van der Waals surface area (Å²) < 4.78 is 0. The number of nitrogens with one attached hydrogen (secondary N) is 2. The van der Waals surface area contributed by atoms with Crippen LogP contribution in [0.15, 0.2) is 48.7 Å². The maximum Gasteiger partial charge on any atom is 0.226 e. The number of aromatic amines is 1. The molecule has 2 aromatic rings. The Labute approximate surface area is 127 Å². The molecule has 0 aliphatic carbocycles. The van der Waals surface area contributed by atoms with Crippen LogP contribution in [0, 0.1) is 0 Å². The van der Waals surface area contributed by atoms with E-state index in [4.69, 9.17) is 11.6 Å². The molecule has 0 radical (unpaired) electrons. The third kappa shape index (κ3) is 3.23. The Morgan fingerprint density at radius 2 is 2.05 bits per heavy atom. The Balaban J connectivity index is 1.69. The van der Waals surface area contributed by atoms with E-state index in [1.807, 2.05) is 48.6 Å². The van der Waals surface area contributed by atoms with E-state index in [9.17, 15) is 4.79 Å². The number of carbonyl (C=O) groups is 1. The SMILES string of the molecule is O=C1CC(/C=C/C=C/c2ccc(Cl)cc2)c2cn[nH]c2N1. The van der Waals surface area contributed by atoms with Crippen molar-refractivity contribution in [1.82, 2.24) is 10.2 Å². The van der Waals surface area contributed by atoms with Crippen LogP contribution in [0.4, 0.5) is 5.82 Å². The van der Waals surface area contributed by atoms with Gasteiger partial charge in [-0.25, -0.2) is 0 Å². The number of nitrogens with zero attached hydrogens (tertiary/aromatic N) is 1. The largest absolute Gasteiger partial charge is 0.311 e. The molecule has 0 saturated carbocycles. The van der Waals surface area contributed by atoms with Crippen LogP contribution in [0.25, 0.3) is 6.08 Å². The highest BCUT2D eigenvalue weighted by Crippen LogP contribution is 2.31. The second-order valence-corrected chi connectivity index (χ2v) is 5.29. The van der Waals surface area contributed by atoms with Crippen LogP contribution in [0.5, 0.6) is 0 Å². The fourth-order valence-electron chi connectivity index (χ4n) is 2.29. The molecule has 5 heteroatoms. The van der Waals surface area contributed by atoms with Gasteiger partial charge in [0.25, 0.3) is 0 Å². The lowest BCUT2D eigenvalue weighted by atomic mass is 9.94. The van der Waals surface area contributed by atoms with Gasteiger partial charge in [-0.05, 0) is 17.7 Å². The number of H-pyrrole nitrogens is 1. The Hall–Kier alpha value is -2.33. The van der Waals surface area contributed by atoms with E-state index in [0.29, 0.717) is 12.2 Å². The summed E-state index contributed by atoms with van der Waals surface area (Å²) in [5, 5.41) is 10.3. The van der Waals surface area contributed by atoms with Crippen molar-refractivity contribution in [2.45, 2.75) is 12.3 Å². The van der Waals surface area contributed by atoms with Crippen LogP contribution in [-0.2, 0) is 4.79 Å². The van der Waals surface area contributed by atoms with E-state index in [2.05, 4.69) is 15.5 Å². The maximum absolute atomic E-state index is 11.6. The monoisotopic (exact) mass is 299 g/mol. The number of anilines is 1. The Bertz CT molecular complexity index is 701. The zero-order chi connectivity index (χ0) is 14.7. The molecule has 0 spiro atoms. The lowest BCUT2D eigenvalue weighted by molar-refractivity contribution is -0.116. The van der Waals surface area contributed by atoms with Crippen LogP contribution < -0.4 is 5.32 Å². The number of hydrogen-bond acceptors (Lipinski definition) is 2. The molecule has 0 saturated heterocycles. The number of carbonyl (C=O) groups excluding carboxylic acids is 1. The molecule has 4 nitrogen and oxygen atoms in total. The van der Waals surface area contributed by atoms with Crippen molar-refractivity contribution in [3.63, 3.8) is 0 Å². The van der Waals surface area contributed by atoms with E-state index in [1.54, 1.807) is 6.20 Å². The van der Waals surface area contributed by atoms with Gasteiger partial charge in [0.1, 0.15) is 5.82 Å². The first-order valence-corrected chi connectivity index (χ1v) is 7.04. The molecular weight excluding hydrogens is 286 g/mol. The molecule has 3 rings (SSSR count). The quantitative estimate of drug-likeness (QED) is 0.848. The number of rotatable bonds is 3. The van der Waals surface area contributed by atoms with Gasteiger partial charge in [-0.2, -0.15) is 5.10 Å². The number of allylic oxidation sites excluding steroid dienone is 3. The van der Waals surface area contributed by atoms with Crippen molar-refractivity contribution in [2.24, 2.45) is 0 Å². The van der Waals surface area contributed by atoms with Gasteiger partial charge in [-0.15, -0.1) is 0 Å². The Morgan fingerprint density at radius 3 is 2.86 bits per heavy atom. The maximum atomic E-state index is 11.6. The van der Waals surface area contributed by atoms with Gasteiger partial charge in [0, 0.05) is 22.9 Å². The van der Waals surface area contributed by atoms with Gasteiger partial charge >= 0.3 is 0 Å². The van der Waals surface area contributed by atoms with Gasteiger partial charge in [0.2, 0.25) is 5.91 Å². The molecule has 21 heavy (non-hydrogen) atoms. The molecule has 1 unspecified atom stereocenters. The van der Waals surface area contributed by atoms with E-state index >= 15 is 0 Å². The van der Waals surface area contributed by atoms with E-state index in [0.717, 1.165) is 16.1 Å². The van der Waals surface area contributed by atoms with Gasteiger partial charge < -0.3 is 5.32 Å². The van der Waals surface area contributed by atoms with Gasteiger partial charge in [0.05, 0.1) is 6.20 Å². The first-order chi connectivity index (χ1) is 10.2. The highest BCUT2D eigenvalue weighted by molar-refractivity contribution is 6.30. The predicted octanol–water partition coefficient (Wildman–Crippen LogP) is 3.76. The normalized spacial score (nSPS) is 18.1. The molecule has 1 aliphatic heterocycles. The summed E-state index contributed by atoms with van der Waals surface area (Å²) >= 11 is 5.84. The summed E-state index contributed by atoms with van der Waals surface area (Å²) in [6.45, 7) is 0. The minimum atomic E-state index is 0.00285. The van der Waals surface area contributed by atoms with Crippen molar-refractivity contribution in [3.8, 4) is 0 Å². The topological polar surface area (TPSA) is 57.8 Å². The summed E-state index contributed by atoms with van der Waals surface area (Å²) in [6, 6.07) is 7.62. The summed E-state index contributed by atoms with van der Waals surface area (Å²) in [5.74, 6) is 0.757. The van der Waals surface area contributed by atoms with E-state index < -0.39 is 0 Å². The zero-order valence-corrected chi connectivity index (χ0v) is 12.0. The lowest BCUT2D eigenvalue weighted by Crippen LogP contribution is -2.21. The number of halogens is 1. The molecule has 1 atom stereocenters. The molecule has 0 fully saturated rings. The van der Waals surface area contributed by atoms with Crippen molar-refractivity contribution >= 4 is 29.4 Å². The summed E-state index contributed by atoms with van der Waals surface area (Å²) in [6.07, 6.45) is 10.1. The molecule has 2 heterocycles. The molecule has 1 aliphatic rings. The Morgan fingerprint density at radius 1 is 1.24 bits per heavy atom. The first-order valence-electron chi connectivity index (χ1n) is 6.66. The second-order valence-electron chi connectivity index (χ2n) is 4.85. The number of benzene rings is 1. The van der Waals surface area contributed by atoms with Gasteiger partial charge in [0.15, 0.2) is 0 Å². The fraction of sp³-hybridized carbons (Fsp3) is 0.125. The molecule has 2 N–H and O–H groups in total. The molecular formula is C16H14ClN3O. The highest BCUT2D eigenvalue weighted by atomic mass is 35.5. The molecule has 1 amide bonds. The summed E-state index contributed by atoms with van der Waals surface area (Å²) in [5.41, 5.74) is 2.10. The minimum Gasteiger partial charge on any atom is -0.311 e. The van der Waals surface area contributed by atoms with Crippen LogP contribution in [0.1, 0.15) is 23.5 Å². The number of hydrogen-bond donors (Lipinski definition) is 2. The number of aromatic nitrogens is 2. The second kappa shape index (κ2) is 5.97. The number of amides is 1. The number of fused-ring (bicyclic) bond motifs is 1. The average molecular weight is 300 g/mol. The zero-order valence-electron chi connectivity index (χ0n) is 11.2. The summed E-state index contributed by atoms with van der Waals surface area (Å²) in [7, 11) is 0. The Kier molecular flexibility index (Phi) is 3.88. The molecule has 1 aromatic carbocycles. The first kappa shape index (κ1) is 13.6. The third-order valence-electron chi connectivity index (χ3n) is 3.35. The lowest BCUT2D eigenvalue weighted by Gasteiger charge is -2.18. The van der Waals surface area contributed by atoms with Gasteiger partial charge in [-0.3, -0.25) is 9.89 Å². The third-order valence-corrected chi connectivity index (χ3v) is 3.60. The van der Waals surface area contributed by atoms with Crippen molar-refractivity contribution in [3.05, 3.63) is 64.8 Å². The molecule has 1 aromatic heterocycles. The van der Waals surface area contributed by atoms with Crippen molar-refractivity contribution < 1.29 is 4.79 Å². The van der Waals surface area contributed by atoms with Crippen molar-refractivity contribution in [2.75, 3.05) is 5.32 Å². The van der Waals surface area contributed by atoms with Crippen molar-refractivity contribution in [1.29, 1.82) is 0 Å². The van der Waals surface area contributed by atoms with E-state index in [-0.39, 0.29) is 11.8 Å². The summed E-state index contributed by atoms with van der Waals surface area (Å²) in [4.78, 5) is 11.6. The highest BCUT2D eigenvalue weighted by Gasteiger charge is 2.24. The predicted molar refractivity (Wildman–Crippen MR) is 84.2 cm³/mol. The standard InChI is InChI=1S/C16H14ClN3O/c17-13-7-5-11(6-8-13)3-1-2-4-12-9-15(21)19-16-14(12)10-18-20-16/h1-8,10,12H,9H2,(H2,18,19,20,21)/b3-1+,4-2+. The fourth-order valence-corrected chi connectivity index (χ4v) is 2.41. The molecule has 0 bridgehead atoms. The van der Waals surface area contributed by atoms with Gasteiger partial charge in [-0.1, -0.05) is 48.0 Å².